The van der Waals surface area contributed by atoms with Crippen LogP contribution in [0.25, 0.3) is 0 Å². The molecule has 2 aromatic heterocycles. The number of nitrogens with two attached hydrogens (primary N) is 1. The van der Waals surface area contributed by atoms with E-state index in [1.54, 1.807) is 12.4 Å². The first kappa shape index (κ1) is 14.0. The Labute approximate surface area is 127 Å². The number of anilines is 1. The van der Waals surface area contributed by atoms with Crippen LogP contribution >= 0.6 is 11.3 Å². The molecular formula is C15H18N4OS. The summed E-state index contributed by atoms with van der Waals surface area (Å²) in [5.74, 6) is 1.04. The molecule has 5 nitrogen and oxygen atoms in total. The molecule has 1 saturated heterocycles. The van der Waals surface area contributed by atoms with Crippen molar-refractivity contribution in [3.63, 3.8) is 0 Å². The van der Waals surface area contributed by atoms with E-state index in [4.69, 9.17) is 5.73 Å². The van der Waals surface area contributed by atoms with Gasteiger partial charge in [0.15, 0.2) is 0 Å². The van der Waals surface area contributed by atoms with Gasteiger partial charge in [0.25, 0.3) is 5.91 Å². The summed E-state index contributed by atoms with van der Waals surface area (Å²) in [6, 6.07) is 3.80. The predicted octanol–water partition coefficient (Wildman–Crippen LogP) is 2.22. The van der Waals surface area contributed by atoms with Crippen molar-refractivity contribution in [2.75, 3.05) is 18.8 Å². The highest BCUT2D eigenvalue weighted by Crippen LogP contribution is 2.23. The summed E-state index contributed by atoms with van der Waals surface area (Å²) in [7, 11) is 0. The highest BCUT2D eigenvalue weighted by atomic mass is 32.1. The third kappa shape index (κ3) is 3.21. The van der Waals surface area contributed by atoms with E-state index in [1.165, 1.54) is 11.3 Å². The summed E-state index contributed by atoms with van der Waals surface area (Å²) in [5, 5.41) is 1.94. The summed E-state index contributed by atoms with van der Waals surface area (Å²) < 4.78 is 0. The summed E-state index contributed by atoms with van der Waals surface area (Å²) in [4.78, 5) is 23.6. The molecule has 3 rings (SSSR count). The number of rotatable bonds is 3. The van der Waals surface area contributed by atoms with Crippen LogP contribution in [0.15, 0.2) is 29.9 Å². The molecule has 0 radical (unpaired) electrons. The molecule has 1 aliphatic rings. The summed E-state index contributed by atoms with van der Waals surface area (Å²) >= 11 is 1.50. The molecule has 1 amide bonds. The number of hydrogen-bond donors (Lipinski definition) is 1. The fraction of sp³-hybridized carbons (Fsp3) is 0.400. The number of nitrogen functional groups attached to an aromatic ring is 1. The van der Waals surface area contributed by atoms with Crippen molar-refractivity contribution >= 4 is 23.1 Å². The van der Waals surface area contributed by atoms with Crippen molar-refractivity contribution in [3.05, 3.63) is 40.5 Å². The summed E-state index contributed by atoms with van der Waals surface area (Å²) in [6.07, 6.45) is 6.19. The van der Waals surface area contributed by atoms with Gasteiger partial charge in [-0.15, -0.1) is 11.3 Å². The standard InChI is InChI=1S/C15H18N4OS/c16-14-12(17-5-6-18-14)9-11-3-1-7-19(10-11)15(20)13-4-2-8-21-13/h2,4-6,8,11H,1,3,7,9-10H2,(H2,16,18). The van der Waals surface area contributed by atoms with Crippen LogP contribution in [0.1, 0.15) is 28.2 Å². The molecule has 1 fully saturated rings. The third-order valence-electron chi connectivity index (χ3n) is 3.83. The average molecular weight is 302 g/mol. The lowest BCUT2D eigenvalue weighted by atomic mass is 9.93. The first-order chi connectivity index (χ1) is 10.2. The van der Waals surface area contributed by atoms with Crippen LogP contribution < -0.4 is 5.73 Å². The van der Waals surface area contributed by atoms with E-state index >= 15 is 0 Å². The second-order valence-electron chi connectivity index (χ2n) is 5.33. The van der Waals surface area contributed by atoms with Gasteiger partial charge in [-0.3, -0.25) is 9.78 Å². The highest BCUT2D eigenvalue weighted by molar-refractivity contribution is 7.12. The Bertz CT molecular complexity index is 614. The molecule has 0 spiro atoms. The normalized spacial score (nSPS) is 18.7. The number of hydrogen-bond acceptors (Lipinski definition) is 5. The topological polar surface area (TPSA) is 72.1 Å². The molecule has 1 unspecified atom stereocenters. The molecule has 6 heteroatoms. The summed E-state index contributed by atoms with van der Waals surface area (Å²) in [5.41, 5.74) is 6.70. The number of thiophene rings is 1. The van der Waals surface area contributed by atoms with Crippen LogP contribution in [-0.4, -0.2) is 33.9 Å². The zero-order chi connectivity index (χ0) is 14.7. The van der Waals surface area contributed by atoms with E-state index in [9.17, 15) is 4.79 Å². The van der Waals surface area contributed by atoms with Gasteiger partial charge in [0.05, 0.1) is 10.6 Å². The van der Waals surface area contributed by atoms with Gasteiger partial charge in [0.2, 0.25) is 0 Å². The zero-order valence-corrected chi connectivity index (χ0v) is 12.6. The maximum Gasteiger partial charge on any atom is 0.263 e. The molecule has 0 saturated carbocycles. The van der Waals surface area contributed by atoms with Crippen molar-refractivity contribution < 1.29 is 4.79 Å². The third-order valence-corrected chi connectivity index (χ3v) is 4.68. The van der Waals surface area contributed by atoms with Gasteiger partial charge in [-0.05, 0) is 36.6 Å². The predicted molar refractivity (Wildman–Crippen MR) is 83.1 cm³/mol. The highest BCUT2D eigenvalue weighted by Gasteiger charge is 2.25. The van der Waals surface area contributed by atoms with Crippen LogP contribution in [0.4, 0.5) is 5.82 Å². The number of piperidine rings is 1. The van der Waals surface area contributed by atoms with E-state index in [1.807, 2.05) is 22.4 Å². The molecule has 21 heavy (non-hydrogen) atoms. The minimum Gasteiger partial charge on any atom is -0.382 e. The number of likely N-dealkylation sites (tertiary alicyclic amines) is 1. The largest absolute Gasteiger partial charge is 0.382 e. The van der Waals surface area contributed by atoms with Crippen LogP contribution in [0.3, 0.4) is 0 Å². The van der Waals surface area contributed by atoms with Gasteiger partial charge in [0, 0.05) is 25.5 Å². The summed E-state index contributed by atoms with van der Waals surface area (Å²) in [6.45, 7) is 1.61. The molecule has 0 bridgehead atoms. The lowest BCUT2D eigenvalue weighted by Gasteiger charge is -2.32. The smallest absolute Gasteiger partial charge is 0.263 e. The Hall–Kier alpha value is -1.95. The molecular weight excluding hydrogens is 284 g/mol. The average Bonchev–Trinajstić information content (AvgIpc) is 3.03. The Balaban J connectivity index is 1.66. The molecule has 2 aromatic rings. The van der Waals surface area contributed by atoms with Gasteiger partial charge >= 0.3 is 0 Å². The van der Waals surface area contributed by atoms with Gasteiger partial charge in [-0.25, -0.2) is 4.98 Å². The molecule has 1 aliphatic heterocycles. The Morgan fingerprint density at radius 1 is 1.43 bits per heavy atom. The monoisotopic (exact) mass is 302 g/mol. The fourth-order valence-corrected chi connectivity index (χ4v) is 3.47. The Morgan fingerprint density at radius 2 is 2.29 bits per heavy atom. The molecule has 3 heterocycles. The van der Waals surface area contributed by atoms with Crippen molar-refractivity contribution in [2.24, 2.45) is 5.92 Å². The lowest BCUT2D eigenvalue weighted by Crippen LogP contribution is -2.40. The van der Waals surface area contributed by atoms with Crippen LogP contribution in [0.5, 0.6) is 0 Å². The van der Waals surface area contributed by atoms with E-state index < -0.39 is 0 Å². The fourth-order valence-electron chi connectivity index (χ4n) is 2.78. The number of carbonyl (C=O) groups excluding carboxylic acids is 1. The molecule has 2 N–H and O–H groups in total. The number of carbonyl (C=O) groups is 1. The minimum absolute atomic E-state index is 0.141. The minimum atomic E-state index is 0.141. The SMILES string of the molecule is Nc1nccnc1CC1CCCN(C(=O)c2cccs2)C1. The number of nitrogens with zero attached hydrogens (tertiary/aromatic N) is 3. The van der Waals surface area contributed by atoms with Gasteiger partial charge in [-0.2, -0.15) is 0 Å². The van der Waals surface area contributed by atoms with E-state index in [2.05, 4.69) is 9.97 Å². The van der Waals surface area contributed by atoms with Crippen molar-refractivity contribution in [1.29, 1.82) is 0 Å². The Kier molecular flexibility index (Phi) is 4.15. The lowest BCUT2D eigenvalue weighted by molar-refractivity contribution is 0.0678. The van der Waals surface area contributed by atoms with Crippen LogP contribution in [0.2, 0.25) is 0 Å². The molecule has 0 aromatic carbocycles. The van der Waals surface area contributed by atoms with E-state index in [0.717, 1.165) is 42.9 Å². The van der Waals surface area contributed by atoms with E-state index in [0.29, 0.717) is 11.7 Å². The first-order valence-electron chi connectivity index (χ1n) is 7.12. The Morgan fingerprint density at radius 3 is 3.05 bits per heavy atom. The van der Waals surface area contributed by atoms with Crippen LogP contribution in [0, 0.1) is 5.92 Å². The molecule has 110 valence electrons. The molecule has 0 aliphatic carbocycles. The van der Waals surface area contributed by atoms with Crippen molar-refractivity contribution in [1.82, 2.24) is 14.9 Å². The first-order valence-corrected chi connectivity index (χ1v) is 8.00. The van der Waals surface area contributed by atoms with Gasteiger partial charge in [-0.1, -0.05) is 6.07 Å². The van der Waals surface area contributed by atoms with Crippen molar-refractivity contribution in [2.45, 2.75) is 19.3 Å². The maximum absolute atomic E-state index is 12.4. The molecule has 1 atom stereocenters. The van der Waals surface area contributed by atoms with Gasteiger partial charge in [0.1, 0.15) is 5.82 Å². The van der Waals surface area contributed by atoms with E-state index in [-0.39, 0.29) is 5.91 Å². The van der Waals surface area contributed by atoms with Gasteiger partial charge < -0.3 is 10.6 Å². The maximum atomic E-state index is 12.4. The number of aromatic nitrogens is 2. The van der Waals surface area contributed by atoms with Crippen LogP contribution in [-0.2, 0) is 6.42 Å². The second-order valence-corrected chi connectivity index (χ2v) is 6.28. The quantitative estimate of drug-likeness (QED) is 0.943. The van der Waals surface area contributed by atoms with Crippen molar-refractivity contribution in [3.8, 4) is 0 Å². The zero-order valence-electron chi connectivity index (χ0n) is 11.7. The second kappa shape index (κ2) is 6.22. The number of amides is 1.